The Morgan fingerprint density at radius 3 is 2.36 bits per heavy atom. The van der Waals surface area contributed by atoms with E-state index in [9.17, 15) is 4.79 Å². The molecule has 8 heteroatoms. The van der Waals surface area contributed by atoms with Gasteiger partial charge in [-0.2, -0.15) is 0 Å². The molecule has 180 valence electrons. The number of nitrogens with one attached hydrogen (secondary N) is 1. The lowest BCUT2D eigenvalue weighted by Crippen LogP contribution is -2.52. The average molecular weight is 472 g/mol. The molecule has 1 atom stereocenters. The van der Waals surface area contributed by atoms with Crippen LogP contribution in [0.4, 0.5) is 11.4 Å². The molecule has 7 nitrogen and oxygen atoms in total. The predicted molar refractivity (Wildman–Crippen MR) is 135 cm³/mol. The molecule has 1 aromatic carbocycles. The van der Waals surface area contributed by atoms with Crippen LogP contribution in [0.2, 0.25) is 0 Å². The fourth-order valence-corrected chi connectivity index (χ4v) is 5.15. The van der Waals surface area contributed by atoms with E-state index in [1.165, 1.54) is 10.7 Å². The molecule has 2 aliphatic rings. The lowest BCUT2D eigenvalue weighted by atomic mass is 9.98. The number of hydrogen-bond donors (Lipinski definition) is 1. The van der Waals surface area contributed by atoms with Crippen molar-refractivity contribution in [2.45, 2.75) is 45.7 Å². The molecule has 2 aromatic rings. The van der Waals surface area contributed by atoms with Crippen LogP contribution >= 0.6 is 11.3 Å². The summed E-state index contributed by atoms with van der Waals surface area (Å²) in [6.45, 7) is 16.6. The van der Waals surface area contributed by atoms with Crippen molar-refractivity contribution in [3.8, 4) is 0 Å². The summed E-state index contributed by atoms with van der Waals surface area (Å²) in [7, 11) is 0. The molecule has 0 unspecified atom stereocenters. The van der Waals surface area contributed by atoms with E-state index in [1.807, 2.05) is 19.1 Å². The SMILES string of the molecule is C[C@H](C(=O)Nc1ccc(N2CCOCC2)cc1)N1CCN(Cc2csc(C(C)(C)C)n2)CC1. The van der Waals surface area contributed by atoms with Gasteiger partial charge in [-0.25, -0.2) is 4.98 Å². The van der Waals surface area contributed by atoms with E-state index < -0.39 is 0 Å². The first-order valence-electron chi connectivity index (χ1n) is 11.9. The molecular formula is C25H37N5O2S. The number of piperazine rings is 1. The Labute approximate surface area is 201 Å². The summed E-state index contributed by atoms with van der Waals surface area (Å²) in [4.78, 5) is 24.7. The topological polar surface area (TPSA) is 60.9 Å². The summed E-state index contributed by atoms with van der Waals surface area (Å²) < 4.78 is 5.42. The van der Waals surface area contributed by atoms with Crippen LogP contribution in [0.15, 0.2) is 29.6 Å². The lowest BCUT2D eigenvalue weighted by Gasteiger charge is -2.37. The van der Waals surface area contributed by atoms with Crippen molar-refractivity contribution < 1.29 is 9.53 Å². The maximum absolute atomic E-state index is 12.9. The lowest BCUT2D eigenvalue weighted by molar-refractivity contribution is -0.121. The number of thiazole rings is 1. The number of carbonyl (C=O) groups is 1. The molecular weight excluding hydrogens is 434 g/mol. The number of morpholine rings is 1. The van der Waals surface area contributed by atoms with Crippen LogP contribution in [0, 0.1) is 0 Å². The highest BCUT2D eigenvalue weighted by molar-refractivity contribution is 7.09. The van der Waals surface area contributed by atoms with Crippen molar-refractivity contribution in [3.63, 3.8) is 0 Å². The van der Waals surface area contributed by atoms with Crippen molar-refractivity contribution >= 4 is 28.6 Å². The Balaban J connectivity index is 1.24. The molecule has 1 aromatic heterocycles. The molecule has 1 amide bonds. The molecule has 2 saturated heterocycles. The number of carbonyl (C=O) groups excluding carboxylic acids is 1. The van der Waals surface area contributed by atoms with Crippen molar-refractivity contribution in [3.05, 3.63) is 40.3 Å². The zero-order valence-electron chi connectivity index (χ0n) is 20.3. The molecule has 33 heavy (non-hydrogen) atoms. The Hall–Kier alpha value is -2.00. The van der Waals surface area contributed by atoms with E-state index in [0.29, 0.717) is 0 Å². The minimum Gasteiger partial charge on any atom is -0.378 e. The second-order valence-electron chi connectivity index (χ2n) is 10.0. The number of ether oxygens (including phenoxy) is 1. The van der Waals surface area contributed by atoms with Crippen molar-refractivity contribution in [2.75, 3.05) is 62.7 Å². The minimum absolute atomic E-state index is 0.0527. The number of hydrogen-bond acceptors (Lipinski definition) is 7. The van der Waals surface area contributed by atoms with E-state index in [1.54, 1.807) is 11.3 Å². The van der Waals surface area contributed by atoms with Gasteiger partial charge in [0.15, 0.2) is 0 Å². The number of amides is 1. The minimum atomic E-state index is -0.155. The van der Waals surface area contributed by atoms with Gasteiger partial charge in [-0.05, 0) is 31.2 Å². The van der Waals surface area contributed by atoms with Crippen molar-refractivity contribution in [1.82, 2.24) is 14.8 Å². The van der Waals surface area contributed by atoms with Crippen LogP contribution in [-0.4, -0.2) is 79.2 Å². The highest BCUT2D eigenvalue weighted by Gasteiger charge is 2.26. The molecule has 0 spiro atoms. The fourth-order valence-electron chi connectivity index (χ4n) is 4.25. The normalized spacial score (nSPS) is 19.5. The zero-order valence-corrected chi connectivity index (χ0v) is 21.2. The maximum Gasteiger partial charge on any atom is 0.241 e. The number of nitrogens with zero attached hydrogens (tertiary/aromatic N) is 4. The van der Waals surface area contributed by atoms with Gasteiger partial charge in [-0.3, -0.25) is 14.6 Å². The smallest absolute Gasteiger partial charge is 0.241 e. The van der Waals surface area contributed by atoms with Gasteiger partial charge in [0, 0.05) is 68.0 Å². The molecule has 0 saturated carbocycles. The summed E-state index contributed by atoms with van der Waals surface area (Å²) >= 11 is 1.75. The van der Waals surface area contributed by atoms with Crippen LogP contribution in [0.5, 0.6) is 0 Å². The number of benzene rings is 1. The van der Waals surface area contributed by atoms with E-state index in [-0.39, 0.29) is 17.4 Å². The van der Waals surface area contributed by atoms with Gasteiger partial charge in [0.05, 0.1) is 30.0 Å². The van der Waals surface area contributed by atoms with E-state index in [4.69, 9.17) is 9.72 Å². The molecule has 1 N–H and O–H groups in total. The predicted octanol–water partition coefficient (Wildman–Crippen LogP) is 3.42. The van der Waals surface area contributed by atoms with Crippen molar-refractivity contribution in [2.24, 2.45) is 0 Å². The molecule has 2 fully saturated rings. The second kappa shape index (κ2) is 10.5. The van der Waals surface area contributed by atoms with Gasteiger partial charge in [0.25, 0.3) is 0 Å². The van der Waals surface area contributed by atoms with E-state index in [2.05, 4.69) is 58.3 Å². The van der Waals surface area contributed by atoms with Gasteiger partial charge >= 0.3 is 0 Å². The molecule has 2 aliphatic heterocycles. The number of rotatable bonds is 6. The molecule has 0 aliphatic carbocycles. The van der Waals surface area contributed by atoms with Gasteiger partial charge in [-0.1, -0.05) is 20.8 Å². The Morgan fingerprint density at radius 1 is 1.09 bits per heavy atom. The quantitative estimate of drug-likeness (QED) is 0.697. The van der Waals surface area contributed by atoms with Gasteiger partial charge in [0.1, 0.15) is 0 Å². The first-order valence-corrected chi connectivity index (χ1v) is 12.8. The van der Waals surface area contributed by atoms with Gasteiger partial charge in [0.2, 0.25) is 5.91 Å². The van der Waals surface area contributed by atoms with Crippen LogP contribution < -0.4 is 10.2 Å². The summed E-state index contributed by atoms with van der Waals surface area (Å²) in [5, 5.41) is 6.47. The molecule has 0 bridgehead atoms. The Kier molecular flexibility index (Phi) is 7.69. The Bertz CT molecular complexity index is 910. The summed E-state index contributed by atoms with van der Waals surface area (Å²) in [5.41, 5.74) is 3.29. The highest BCUT2D eigenvalue weighted by atomic mass is 32.1. The van der Waals surface area contributed by atoms with Gasteiger partial charge < -0.3 is 15.0 Å². The van der Waals surface area contributed by atoms with E-state index >= 15 is 0 Å². The van der Waals surface area contributed by atoms with Crippen LogP contribution in [0.1, 0.15) is 38.4 Å². The highest BCUT2D eigenvalue weighted by Crippen LogP contribution is 2.26. The van der Waals surface area contributed by atoms with Crippen LogP contribution in [0.25, 0.3) is 0 Å². The summed E-state index contributed by atoms with van der Waals surface area (Å²) in [6.07, 6.45) is 0. The molecule has 0 radical (unpaired) electrons. The maximum atomic E-state index is 12.9. The van der Waals surface area contributed by atoms with E-state index in [0.717, 1.165) is 70.4 Å². The monoisotopic (exact) mass is 471 g/mol. The first kappa shape index (κ1) is 24.1. The van der Waals surface area contributed by atoms with Crippen LogP contribution in [-0.2, 0) is 21.5 Å². The third-order valence-electron chi connectivity index (χ3n) is 6.42. The summed E-state index contributed by atoms with van der Waals surface area (Å²) in [6, 6.07) is 7.99. The third kappa shape index (κ3) is 6.32. The zero-order chi connectivity index (χ0) is 23.4. The third-order valence-corrected chi connectivity index (χ3v) is 7.74. The van der Waals surface area contributed by atoms with Crippen molar-refractivity contribution in [1.29, 1.82) is 0 Å². The average Bonchev–Trinajstić information content (AvgIpc) is 3.29. The molecule has 3 heterocycles. The standard InChI is InChI=1S/C25H37N5O2S/c1-19(23(31)26-20-5-7-22(8-6-20)30-13-15-32-16-14-30)29-11-9-28(10-12-29)17-21-18-33-24(27-21)25(2,3)4/h5-8,18-19H,9-17H2,1-4H3,(H,26,31)/t19-/m1/s1. The largest absolute Gasteiger partial charge is 0.378 e. The second-order valence-corrected chi connectivity index (χ2v) is 10.9. The van der Waals surface area contributed by atoms with Gasteiger partial charge in [-0.15, -0.1) is 11.3 Å². The first-order chi connectivity index (χ1) is 15.8. The number of anilines is 2. The van der Waals surface area contributed by atoms with Crippen LogP contribution in [0.3, 0.4) is 0 Å². The molecule has 4 rings (SSSR count). The summed E-state index contributed by atoms with van der Waals surface area (Å²) in [5.74, 6) is 0.0527. The Morgan fingerprint density at radius 2 is 1.76 bits per heavy atom. The fraction of sp³-hybridized carbons (Fsp3) is 0.600. The number of aromatic nitrogens is 1.